The first-order valence-electron chi connectivity index (χ1n) is 7.43. The molecule has 0 aromatic heterocycles. The summed E-state index contributed by atoms with van der Waals surface area (Å²) in [5.74, 6) is 0.448. The molecule has 0 radical (unpaired) electrons. The summed E-state index contributed by atoms with van der Waals surface area (Å²) in [7, 11) is 3.64. The molecular formula is C15H23Cl2F2IN4O. The Labute approximate surface area is 174 Å². The van der Waals surface area contributed by atoms with E-state index in [1.165, 1.54) is 12.1 Å². The van der Waals surface area contributed by atoms with Crippen molar-refractivity contribution < 1.29 is 13.5 Å². The maximum atomic E-state index is 12.5. The molecule has 0 saturated carbocycles. The van der Waals surface area contributed by atoms with E-state index in [4.69, 9.17) is 23.2 Å². The van der Waals surface area contributed by atoms with E-state index in [-0.39, 0.29) is 41.3 Å². The van der Waals surface area contributed by atoms with E-state index in [2.05, 4.69) is 32.2 Å². The molecule has 0 aliphatic heterocycles. The fraction of sp³-hybridized carbons (Fsp3) is 0.533. The van der Waals surface area contributed by atoms with Crippen LogP contribution in [0, 0.1) is 0 Å². The monoisotopic (exact) mass is 510 g/mol. The van der Waals surface area contributed by atoms with E-state index in [1.807, 2.05) is 7.05 Å². The molecule has 1 rings (SSSR count). The van der Waals surface area contributed by atoms with Gasteiger partial charge in [0.05, 0.1) is 5.02 Å². The van der Waals surface area contributed by atoms with E-state index in [0.717, 1.165) is 13.1 Å². The Kier molecular flexibility index (Phi) is 12.4. The smallest absolute Gasteiger partial charge is 0.387 e. The lowest BCUT2D eigenvalue weighted by atomic mass is 10.2. The standard InChI is InChI=1S/C15H22Cl2F2N4O.HI/c1-4-23(3)6-5-21-15(20-2)22-9-10-7-11(16)8-12(17)13(10)24-14(18)19;/h7-8,14H,4-6,9H2,1-3H3,(H2,20,21,22);1H. The predicted molar refractivity (Wildman–Crippen MR) is 110 cm³/mol. The molecule has 0 heterocycles. The van der Waals surface area contributed by atoms with Crippen LogP contribution in [0.5, 0.6) is 5.75 Å². The zero-order chi connectivity index (χ0) is 18.1. The van der Waals surface area contributed by atoms with Crippen LogP contribution in [0.15, 0.2) is 17.1 Å². The third-order valence-electron chi connectivity index (χ3n) is 3.29. The molecule has 1 aromatic carbocycles. The molecule has 144 valence electrons. The zero-order valence-electron chi connectivity index (χ0n) is 14.3. The first-order valence-corrected chi connectivity index (χ1v) is 8.18. The number of likely N-dealkylation sites (N-methyl/N-ethyl adjacent to an activating group) is 1. The van der Waals surface area contributed by atoms with Crippen molar-refractivity contribution in [1.82, 2.24) is 15.5 Å². The number of hydrogen-bond acceptors (Lipinski definition) is 3. The maximum absolute atomic E-state index is 12.5. The first kappa shape index (κ1) is 24.4. The average molecular weight is 511 g/mol. The molecule has 0 amide bonds. The fourth-order valence-electron chi connectivity index (χ4n) is 1.89. The Morgan fingerprint density at radius 1 is 1.32 bits per heavy atom. The van der Waals surface area contributed by atoms with E-state index in [1.54, 1.807) is 7.05 Å². The number of nitrogens with zero attached hydrogens (tertiary/aromatic N) is 2. The summed E-state index contributed by atoms with van der Waals surface area (Å²) >= 11 is 11.9. The Morgan fingerprint density at radius 2 is 2.00 bits per heavy atom. The number of hydrogen-bond donors (Lipinski definition) is 2. The number of nitrogens with one attached hydrogen (secondary N) is 2. The fourth-order valence-corrected chi connectivity index (χ4v) is 2.47. The van der Waals surface area contributed by atoms with Crippen LogP contribution in [0.2, 0.25) is 10.0 Å². The first-order chi connectivity index (χ1) is 11.4. The molecule has 0 bridgehead atoms. The van der Waals surface area contributed by atoms with Gasteiger partial charge in [0, 0.05) is 37.3 Å². The molecule has 25 heavy (non-hydrogen) atoms. The lowest BCUT2D eigenvalue weighted by Crippen LogP contribution is -2.40. The van der Waals surface area contributed by atoms with Gasteiger partial charge in [-0.2, -0.15) is 8.78 Å². The summed E-state index contributed by atoms with van der Waals surface area (Å²) in [6.45, 7) is 1.78. The van der Waals surface area contributed by atoms with Gasteiger partial charge in [-0.3, -0.25) is 4.99 Å². The average Bonchev–Trinajstić information content (AvgIpc) is 2.52. The minimum Gasteiger partial charge on any atom is -0.433 e. The molecule has 0 unspecified atom stereocenters. The normalized spacial score (nSPS) is 11.5. The Bertz CT molecular complexity index is 565. The summed E-state index contributed by atoms with van der Waals surface area (Å²) in [6.07, 6.45) is 0. The van der Waals surface area contributed by atoms with E-state index in [9.17, 15) is 8.78 Å². The molecule has 0 saturated heterocycles. The van der Waals surface area contributed by atoms with Crippen molar-refractivity contribution in [3.8, 4) is 5.75 Å². The summed E-state index contributed by atoms with van der Waals surface area (Å²) in [5, 5.41) is 6.53. The maximum Gasteiger partial charge on any atom is 0.387 e. The van der Waals surface area contributed by atoms with Crippen LogP contribution in [-0.4, -0.2) is 51.2 Å². The Morgan fingerprint density at radius 3 is 2.56 bits per heavy atom. The van der Waals surface area contributed by atoms with Crippen molar-refractivity contribution in [2.24, 2.45) is 4.99 Å². The summed E-state index contributed by atoms with van der Waals surface area (Å²) < 4.78 is 29.6. The third-order valence-corrected chi connectivity index (χ3v) is 3.79. The molecule has 0 fully saturated rings. The van der Waals surface area contributed by atoms with Gasteiger partial charge in [0.25, 0.3) is 0 Å². The van der Waals surface area contributed by atoms with Gasteiger partial charge in [0.15, 0.2) is 5.96 Å². The van der Waals surface area contributed by atoms with Gasteiger partial charge in [-0.05, 0) is 25.7 Å². The highest BCUT2D eigenvalue weighted by molar-refractivity contribution is 14.0. The van der Waals surface area contributed by atoms with Gasteiger partial charge in [0.1, 0.15) is 5.75 Å². The highest BCUT2D eigenvalue weighted by Gasteiger charge is 2.15. The van der Waals surface area contributed by atoms with Crippen LogP contribution in [0.3, 0.4) is 0 Å². The lowest BCUT2D eigenvalue weighted by molar-refractivity contribution is -0.0504. The molecular weight excluding hydrogens is 488 g/mol. The van der Waals surface area contributed by atoms with Gasteiger partial charge >= 0.3 is 6.61 Å². The number of aliphatic imine (C=N–C) groups is 1. The molecule has 0 aliphatic carbocycles. The van der Waals surface area contributed by atoms with Crippen molar-refractivity contribution in [2.75, 3.05) is 33.7 Å². The van der Waals surface area contributed by atoms with E-state index in [0.29, 0.717) is 23.1 Å². The molecule has 2 N–H and O–H groups in total. The molecule has 1 aromatic rings. The topological polar surface area (TPSA) is 48.9 Å². The van der Waals surface area contributed by atoms with E-state index < -0.39 is 6.61 Å². The van der Waals surface area contributed by atoms with Crippen LogP contribution < -0.4 is 15.4 Å². The van der Waals surface area contributed by atoms with Crippen LogP contribution in [0.1, 0.15) is 12.5 Å². The van der Waals surface area contributed by atoms with Crippen molar-refractivity contribution in [3.05, 3.63) is 27.7 Å². The highest BCUT2D eigenvalue weighted by Crippen LogP contribution is 2.33. The minimum absolute atomic E-state index is 0. The van der Waals surface area contributed by atoms with Crippen LogP contribution >= 0.6 is 47.2 Å². The summed E-state index contributed by atoms with van der Waals surface area (Å²) in [4.78, 5) is 6.23. The predicted octanol–water partition coefficient (Wildman–Crippen LogP) is 3.83. The van der Waals surface area contributed by atoms with Crippen molar-refractivity contribution in [2.45, 2.75) is 20.1 Å². The summed E-state index contributed by atoms with van der Waals surface area (Å²) in [5.41, 5.74) is 0.418. The third kappa shape index (κ3) is 9.07. The molecule has 5 nitrogen and oxygen atoms in total. The lowest BCUT2D eigenvalue weighted by Gasteiger charge is -2.18. The Balaban J connectivity index is 0.00000576. The van der Waals surface area contributed by atoms with E-state index >= 15 is 0 Å². The Hall–Kier alpha value is -0.580. The number of guanidine groups is 1. The number of halogens is 5. The number of rotatable bonds is 8. The second kappa shape index (κ2) is 12.7. The highest BCUT2D eigenvalue weighted by atomic mass is 127. The van der Waals surface area contributed by atoms with Crippen LogP contribution in [0.4, 0.5) is 8.78 Å². The zero-order valence-corrected chi connectivity index (χ0v) is 18.1. The van der Waals surface area contributed by atoms with Crippen molar-refractivity contribution in [1.29, 1.82) is 0 Å². The van der Waals surface area contributed by atoms with Gasteiger partial charge in [-0.1, -0.05) is 30.1 Å². The minimum atomic E-state index is -2.97. The van der Waals surface area contributed by atoms with Gasteiger partial charge in [0.2, 0.25) is 0 Å². The molecule has 0 atom stereocenters. The van der Waals surface area contributed by atoms with Crippen molar-refractivity contribution >= 4 is 53.1 Å². The SMILES string of the molecule is CCN(C)CCNC(=NC)NCc1cc(Cl)cc(Cl)c1OC(F)F.I. The van der Waals surface area contributed by atoms with Gasteiger partial charge < -0.3 is 20.3 Å². The number of alkyl halides is 2. The quantitative estimate of drug-likeness (QED) is 0.317. The number of ether oxygens (including phenoxy) is 1. The van der Waals surface area contributed by atoms with Gasteiger partial charge in [-0.15, -0.1) is 24.0 Å². The largest absolute Gasteiger partial charge is 0.433 e. The van der Waals surface area contributed by atoms with Crippen LogP contribution in [-0.2, 0) is 6.54 Å². The second-order valence-electron chi connectivity index (χ2n) is 5.00. The molecule has 0 aliphatic rings. The second-order valence-corrected chi connectivity index (χ2v) is 5.85. The summed E-state index contributed by atoms with van der Waals surface area (Å²) in [6, 6.07) is 2.88. The molecule has 0 spiro atoms. The van der Waals surface area contributed by atoms with Crippen molar-refractivity contribution in [3.63, 3.8) is 0 Å². The molecule has 10 heteroatoms. The van der Waals surface area contributed by atoms with Gasteiger partial charge in [-0.25, -0.2) is 0 Å². The number of benzene rings is 1. The van der Waals surface area contributed by atoms with Crippen LogP contribution in [0.25, 0.3) is 0 Å².